The van der Waals surface area contributed by atoms with Crippen LogP contribution in [0, 0.1) is 0 Å². The first kappa shape index (κ1) is 16.9. The van der Waals surface area contributed by atoms with E-state index in [9.17, 15) is 17.6 Å². The minimum Gasteiger partial charge on any atom is -0.349 e. The van der Waals surface area contributed by atoms with Crippen molar-refractivity contribution in [3.05, 3.63) is 35.9 Å². The van der Waals surface area contributed by atoms with Crippen molar-refractivity contribution in [1.82, 2.24) is 13.9 Å². The maximum absolute atomic E-state index is 14.7. The molecule has 0 radical (unpaired) electrons. The number of carbonyl (C=O) groups excluding carboxylic acids is 1. The molecule has 22 heavy (non-hydrogen) atoms. The van der Waals surface area contributed by atoms with Crippen LogP contribution in [-0.2, 0) is 21.5 Å². The number of hydrogen-bond donors (Lipinski definition) is 1. The van der Waals surface area contributed by atoms with Crippen LogP contribution in [0.1, 0.15) is 12.0 Å². The summed E-state index contributed by atoms with van der Waals surface area (Å²) in [7, 11) is -0.946. The molecule has 8 heteroatoms. The van der Waals surface area contributed by atoms with Gasteiger partial charge in [-0.15, -0.1) is 0 Å². The summed E-state index contributed by atoms with van der Waals surface area (Å²) in [6, 6.07) is 9.15. The zero-order valence-electron chi connectivity index (χ0n) is 12.6. The summed E-state index contributed by atoms with van der Waals surface area (Å²) >= 11 is 0. The van der Waals surface area contributed by atoms with Crippen LogP contribution < -0.4 is 5.32 Å². The average Bonchev–Trinajstić information content (AvgIpc) is 2.90. The van der Waals surface area contributed by atoms with Gasteiger partial charge < -0.3 is 5.32 Å². The Morgan fingerprint density at radius 3 is 2.59 bits per heavy atom. The van der Waals surface area contributed by atoms with Crippen LogP contribution in [-0.4, -0.2) is 55.8 Å². The fraction of sp³-hybridized carbons (Fsp3) is 0.500. The number of carbonyl (C=O) groups is 1. The van der Waals surface area contributed by atoms with E-state index < -0.39 is 28.3 Å². The van der Waals surface area contributed by atoms with Gasteiger partial charge in [0.2, 0.25) is 5.67 Å². The predicted molar refractivity (Wildman–Crippen MR) is 80.9 cm³/mol. The smallest absolute Gasteiger partial charge is 0.281 e. The van der Waals surface area contributed by atoms with Gasteiger partial charge >= 0.3 is 0 Å². The van der Waals surface area contributed by atoms with Crippen molar-refractivity contribution in [3.8, 4) is 0 Å². The van der Waals surface area contributed by atoms with Gasteiger partial charge in [0.25, 0.3) is 16.1 Å². The van der Waals surface area contributed by atoms with Crippen molar-refractivity contribution in [2.24, 2.45) is 0 Å². The van der Waals surface area contributed by atoms with Crippen molar-refractivity contribution < 1.29 is 17.6 Å². The Balaban J connectivity index is 1.99. The van der Waals surface area contributed by atoms with Gasteiger partial charge in [0.1, 0.15) is 0 Å². The number of alkyl halides is 1. The highest BCUT2D eigenvalue weighted by Gasteiger charge is 2.48. The van der Waals surface area contributed by atoms with E-state index in [1.54, 1.807) is 0 Å². The van der Waals surface area contributed by atoms with E-state index in [1.165, 1.54) is 14.1 Å². The van der Waals surface area contributed by atoms with Crippen LogP contribution in [0.25, 0.3) is 0 Å². The minimum absolute atomic E-state index is 0.00420. The quantitative estimate of drug-likeness (QED) is 0.856. The van der Waals surface area contributed by atoms with Gasteiger partial charge in [0.05, 0.1) is 6.54 Å². The van der Waals surface area contributed by atoms with Crippen LogP contribution in [0.5, 0.6) is 0 Å². The van der Waals surface area contributed by atoms with E-state index in [0.717, 1.165) is 14.2 Å². The molecule has 0 bridgehead atoms. The summed E-state index contributed by atoms with van der Waals surface area (Å²) in [5.74, 6) is -0.771. The third-order valence-corrected chi connectivity index (χ3v) is 5.56. The first-order valence-corrected chi connectivity index (χ1v) is 8.34. The molecule has 1 aliphatic rings. The standard InChI is InChI=1S/C14H20FN3O3S/c1-17(2)22(20,21)18-9-8-14(15,11-18)13(19)16-10-12-6-4-3-5-7-12/h3-7H,8-11H2,1-2H3,(H,16,19). The molecule has 122 valence electrons. The summed E-state index contributed by atoms with van der Waals surface area (Å²) in [6.45, 7) is -0.240. The SMILES string of the molecule is CN(C)S(=O)(=O)N1CCC(F)(C(=O)NCc2ccccc2)C1. The number of halogens is 1. The summed E-state index contributed by atoms with van der Waals surface area (Å²) in [5, 5.41) is 2.53. The number of benzene rings is 1. The Bertz CT molecular complexity index is 636. The van der Waals surface area contributed by atoms with E-state index in [4.69, 9.17) is 0 Å². The lowest BCUT2D eigenvalue weighted by Crippen LogP contribution is -2.47. The minimum atomic E-state index is -3.70. The molecule has 2 rings (SSSR count). The fourth-order valence-corrected chi connectivity index (χ4v) is 3.44. The number of amides is 1. The second-order valence-corrected chi connectivity index (χ2v) is 7.65. The third kappa shape index (κ3) is 3.45. The van der Waals surface area contributed by atoms with E-state index in [0.29, 0.717) is 0 Å². The second kappa shape index (κ2) is 6.31. The van der Waals surface area contributed by atoms with Gasteiger partial charge in [0, 0.05) is 33.6 Å². The number of nitrogens with zero attached hydrogens (tertiary/aromatic N) is 2. The molecule has 1 unspecified atom stereocenters. The predicted octanol–water partition coefficient (Wildman–Crippen LogP) is 0.523. The first-order chi connectivity index (χ1) is 10.3. The number of hydrogen-bond acceptors (Lipinski definition) is 3. The van der Waals surface area contributed by atoms with Gasteiger partial charge in [-0.05, 0) is 5.56 Å². The molecule has 6 nitrogen and oxygen atoms in total. The highest BCUT2D eigenvalue weighted by atomic mass is 32.2. The Hall–Kier alpha value is -1.51. The highest BCUT2D eigenvalue weighted by Crippen LogP contribution is 2.28. The summed E-state index contributed by atoms with van der Waals surface area (Å²) < 4.78 is 40.7. The Morgan fingerprint density at radius 2 is 2.00 bits per heavy atom. The molecule has 1 atom stereocenters. The maximum atomic E-state index is 14.7. The van der Waals surface area contributed by atoms with Crippen LogP contribution in [0.4, 0.5) is 4.39 Å². The maximum Gasteiger partial charge on any atom is 0.281 e. The van der Waals surface area contributed by atoms with E-state index >= 15 is 0 Å². The molecule has 1 aliphatic heterocycles. The average molecular weight is 329 g/mol. The van der Waals surface area contributed by atoms with Gasteiger partial charge in [0.15, 0.2) is 0 Å². The summed E-state index contributed by atoms with van der Waals surface area (Å²) in [4.78, 5) is 12.1. The van der Waals surface area contributed by atoms with Crippen LogP contribution >= 0.6 is 0 Å². The molecular formula is C14H20FN3O3S. The molecule has 1 aromatic carbocycles. The molecule has 1 aromatic rings. The largest absolute Gasteiger partial charge is 0.349 e. The normalized spacial score (nSPS) is 22.9. The lowest BCUT2D eigenvalue weighted by atomic mass is 10.0. The lowest BCUT2D eigenvalue weighted by molar-refractivity contribution is -0.132. The van der Waals surface area contributed by atoms with Crippen molar-refractivity contribution >= 4 is 16.1 Å². The van der Waals surface area contributed by atoms with Gasteiger partial charge in [-0.3, -0.25) is 4.79 Å². The van der Waals surface area contributed by atoms with Gasteiger partial charge in [-0.25, -0.2) is 4.39 Å². The number of nitrogens with one attached hydrogen (secondary N) is 1. The van der Waals surface area contributed by atoms with Crippen LogP contribution in [0.15, 0.2) is 30.3 Å². The molecule has 1 saturated heterocycles. The molecule has 0 aromatic heterocycles. The molecule has 1 amide bonds. The Morgan fingerprint density at radius 1 is 1.36 bits per heavy atom. The zero-order chi connectivity index (χ0) is 16.4. The number of rotatable bonds is 5. The Labute approximate surface area is 130 Å². The topological polar surface area (TPSA) is 69.7 Å². The van der Waals surface area contributed by atoms with Crippen molar-refractivity contribution in [2.45, 2.75) is 18.6 Å². The molecule has 0 aliphatic carbocycles. The molecule has 0 saturated carbocycles. The monoisotopic (exact) mass is 329 g/mol. The highest BCUT2D eigenvalue weighted by molar-refractivity contribution is 7.86. The lowest BCUT2D eigenvalue weighted by Gasteiger charge is -2.22. The molecule has 0 spiro atoms. The van der Waals surface area contributed by atoms with Crippen molar-refractivity contribution in [2.75, 3.05) is 27.2 Å². The van der Waals surface area contributed by atoms with E-state index in [-0.39, 0.29) is 19.5 Å². The van der Waals surface area contributed by atoms with Crippen molar-refractivity contribution in [1.29, 1.82) is 0 Å². The van der Waals surface area contributed by atoms with E-state index in [2.05, 4.69) is 5.32 Å². The van der Waals surface area contributed by atoms with Crippen LogP contribution in [0.3, 0.4) is 0 Å². The molecule has 1 heterocycles. The van der Waals surface area contributed by atoms with Gasteiger partial charge in [-0.2, -0.15) is 17.0 Å². The third-order valence-electron chi connectivity index (χ3n) is 3.68. The molecule has 1 fully saturated rings. The second-order valence-electron chi connectivity index (χ2n) is 5.51. The fourth-order valence-electron chi connectivity index (χ4n) is 2.29. The Kier molecular flexibility index (Phi) is 4.84. The first-order valence-electron chi connectivity index (χ1n) is 6.94. The zero-order valence-corrected chi connectivity index (χ0v) is 13.4. The summed E-state index contributed by atoms with van der Waals surface area (Å²) in [6.07, 6.45) is -0.138. The van der Waals surface area contributed by atoms with Crippen molar-refractivity contribution in [3.63, 3.8) is 0 Å². The van der Waals surface area contributed by atoms with E-state index in [1.807, 2.05) is 30.3 Å². The van der Waals surface area contributed by atoms with Gasteiger partial charge in [-0.1, -0.05) is 30.3 Å². The summed E-state index contributed by atoms with van der Waals surface area (Å²) in [5.41, 5.74) is -1.33. The molecule has 1 N–H and O–H groups in total. The molecular weight excluding hydrogens is 309 g/mol. The van der Waals surface area contributed by atoms with Crippen LogP contribution in [0.2, 0.25) is 0 Å².